The number of hydrogen-bond acceptors (Lipinski definition) is 3. The Morgan fingerprint density at radius 3 is 2.62 bits per heavy atom. The van der Waals surface area contributed by atoms with Crippen LogP contribution in [0.25, 0.3) is 0 Å². The Morgan fingerprint density at radius 1 is 1.29 bits per heavy atom. The van der Waals surface area contributed by atoms with Gasteiger partial charge in [0.2, 0.25) is 5.91 Å². The van der Waals surface area contributed by atoms with Crippen LogP contribution in [0.2, 0.25) is 4.34 Å². The summed E-state index contributed by atoms with van der Waals surface area (Å²) in [5.41, 5.74) is 7.16. The molecule has 21 heavy (non-hydrogen) atoms. The Morgan fingerprint density at radius 2 is 2.00 bits per heavy atom. The van der Waals surface area contributed by atoms with Crippen LogP contribution in [-0.4, -0.2) is 11.9 Å². The first-order valence-corrected chi connectivity index (χ1v) is 8.11. The maximum absolute atomic E-state index is 12.1. The third kappa shape index (κ3) is 4.84. The number of thiophene rings is 1. The molecule has 1 unspecified atom stereocenters. The molecule has 0 fully saturated rings. The lowest BCUT2D eigenvalue weighted by molar-refractivity contribution is -0.123. The Kier molecular flexibility index (Phi) is 5.79. The summed E-state index contributed by atoms with van der Waals surface area (Å²) in [5, 5.41) is 2.93. The quantitative estimate of drug-likeness (QED) is 0.854. The zero-order valence-corrected chi connectivity index (χ0v) is 13.5. The zero-order valence-electron chi connectivity index (χ0n) is 11.9. The van der Waals surface area contributed by atoms with Crippen LogP contribution in [0.1, 0.15) is 29.8 Å². The molecule has 1 aromatic heterocycles. The molecule has 0 spiro atoms. The summed E-state index contributed by atoms with van der Waals surface area (Å²) < 4.78 is 0.722. The lowest BCUT2D eigenvalue weighted by Gasteiger charge is -2.16. The molecule has 2 atom stereocenters. The minimum Gasteiger partial charge on any atom is -0.347 e. The molecule has 0 aliphatic rings. The molecule has 0 bridgehead atoms. The van der Waals surface area contributed by atoms with E-state index in [2.05, 4.69) is 5.32 Å². The van der Waals surface area contributed by atoms with Crippen LogP contribution in [-0.2, 0) is 11.2 Å². The number of benzene rings is 1. The van der Waals surface area contributed by atoms with E-state index >= 15 is 0 Å². The van der Waals surface area contributed by atoms with Gasteiger partial charge >= 0.3 is 0 Å². The largest absolute Gasteiger partial charge is 0.347 e. The summed E-state index contributed by atoms with van der Waals surface area (Å²) >= 11 is 7.37. The maximum Gasteiger partial charge on any atom is 0.237 e. The predicted octanol–water partition coefficient (Wildman–Crippen LogP) is 3.54. The van der Waals surface area contributed by atoms with Gasteiger partial charge in [-0.3, -0.25) is 4.79 Å². The molecule has 0 saturated carbocycles. The number of hydrogen-bond donors (Lipinski definition) is 2. The summed E-state index contributed by atoms with van der Waals surface area (Å²) in [6.07, 6.45) is 1.43. The van der Waals surface area contributed by atoms with Crippen LogP contribution in [0.4, 0.5) is 0 Å². The van der Waals surface area contributed by atoms with Gasteiger partial charge in [0.1, 0.15) is 0 Å². The highest BCUT2D eigenvalue weighted by atomic mass is 35.5. The fraction of sp³-hybridized carbons (Fsp3) is 0.312. The zero-order chi connectivity index (χ0) is 15.2. The molecule has 1 aromatic carbocycles. The third-order valence-electron chi connectivity index (χ3n) is 3.30. The fourth-order valence-corrected chi connectivity index (χ4v) is 3.11. The molecule has 3 N–H and O–H groups in total. The Balaban J connectivity index is 1.82. The summed E-state index contributed by atoms with van der Waals surface area (Å²) in [4.78, 5) is 13.1. The van der Waals surface area contributed by atoms with E-state index in [1.54, 1.807) is 0 Å². The molecule has 5 heteroatoms. The smallest absolute Gasteiger partial charge is 0.237 e. The maximum atomic E-state index is 12.1. The highest BCUT2D eigenvalue weighted by Gasteiger charge is 2.17. The SMILES string of the molecule is CC(NC(=O)[C@@H](N)CCc1ccccc1)c1ccc(Cl)s1. The number of nitrogens with one attached hydrogen (secondary N) is 1. The average molecular weight is 323 g/mol. The Bertz CT molecular complexity index is 585. The van der Waals surface area contributed by atoms with E-state index in [0.29, 0.717) is 6.42 Å². The van der Waals surface area contributed by atoms with Gasteiger partial charge < -0.3 is 11.1 Å². The lowest BCUT2D eigenvalue weighted by atomic mass is 10.1. The number of carbonyl (C=O) groups excluding carboxylic acids is 1. The minimum absolute atomic E-state index is 0.0715. The molecule has 1 amide bonds. The number of nitrogens with two attached hydrogens (primary N) is 1. The van der Waals surface area contributed by atoms with Crippen molar-refractivity contribution in [1.29, 1.82) is 0 Å². The van der Waals surface area contributed by atoms with Gasteiger partial charge in [0, 0.05) is 4.88 Å². The first-order valence-electron chi connectivity index (χ1n) is 6.91. The predicted molar refractivity (Wildman–Crippen MR) is 88.6 cm³/mol. The molecule has 3 nitrogen and oxygen atoms in total. The number of halogens is 1. The monoisotopic (exact) mass is 322 g/mol. The van der Waals surface area contributed by atoms with Crippen LogP contribution in [0.3, 0.4) is 0 Å². The summed E-state index contributed by atoms with van der Waals surface area (Å²) in [6, 6.07) is 13.2. The first kappa shape index (κ1) is 16.0. The van der Waals surface area contributed by atoms with Crippen LogP contribution in [0, 0.1) is 0 Å². The van der Waals surface area contributed by atoms with Crippen molar-refractivity contribution in [1.82, 2.24) is 5.32 Å². The van der Waals surface area contributed by atoms with Crippen LogP contribution in [0.15, 0.2) is 42.5 Å². The standard InChI is InChI=1S/C16H19ClN2OS/c1-11(14-9-10-15(17)21-14)19-16(20)13(18)8-7-12-5-3-2-4-6-12/h2-6,9-11,13H,7-8,18H2,1H3,(H,19,20)/t11?,13-/m0/s1. The summed E-state index contributed by atoms with van der Waals surface area (Å²) in [6.45, 7) is 1.93. The third-order valence-corrected chi connectivity index (χ3v) is 4.72. The molecule has 0 saturated heterocycles. The van der Waals surface area contributed by atoms with Crippen molar-refractivity contribution in [3.63, 3.8) is 0 Å². The van der Waals surface area contributed by atoms with E-state index in [1.807, 2.05) is 49.4 Å². The Hall–Kier alpha value is -1.36. The molecular formula is C16H19ClN2OS. The topological polar surface area (TPSA) is 55.1 Å². The van der Waals surface area contributed by atoms with Crippen molar-refractivity contribution in [2.24, 2.45) is 5.73 Å². The van der Waals surface area contributed by atoms with Gasteiger partial charge in [0.15, 0.2) is 0 Å². The summed E-state index contributed by atoms with van der Waals surface area (Å²) in [5.74, 6) is -0.122. The van der Waals surface area contributed by atoms with Gasteiger partial charge in [-0.15, -0.1) is 11.3 Å². The van der Waals surface area contributed by atoms with E-state index in [9.17, 15) is 4.79 Å². The van der Waals surface area contributed by atoms with Crippen LogP contribution >= 0.6 is 22.9 Å². The van der Waals surface area contributed by atoms with Crippen molar-refractivity contribution in [3.8, 4) is 0 Å². The second-order valence-electron chi connectivity index (χ2n) is 5.00. The Labute approximate surface area is 134 Å². The van der Waals surface area contributed by atoms with E-state index in [1.165, 1.54) is 16.9 Å². The van der Waals surface area contributed by atoms with Gasteiger partial charge in [-0.2, -0.15) is 0 Å². The second-order valence-corrected chi connectivity index (χ2v) is 6.75. The van der Waals surface area contributed by atoms with Gasteiger partial charge in [0.05, 0.1) is 16.4 Å². The second kappa shape index (κ2) is 7.59. The highest BCUT2D eigenvalue weighted by molar-refractivity contribution is 7.16. The van der Waals surface area contributed by atoms with Gasteiger partial charge in [-0.05, 0) is 37.5 Å². The highest BCUT2D eigenvalue weighted by Crippen LogP contribution is 2.26. The normalized spacial score (nSPS) is 13.7. The fourth-order valence-electron chi connectivity index (χ4n) is 2.05. The number of amides is 1. The van der Waals surface area contributed by atoms with Crippen molar-refractivity contribution in [2.45, 2.75) is 31.8 Å². The number of rotatable bonds is 6. The molecule has 1 heterocycles. The van der Waals surface area contributed by atoms with Gasteiger partial charge in [-0.25, -0.2) is 0 Å². The van der Waals surface area contributed by atoms with Crippen molar-refractivity contribution in [3.05, 3.63) is 57.2 Å². The van der Waals surface area contributed by atoms with Crippen LogP contribution < -0.4 is 11.1 Å². The molecule has 0 radical (unpaired) electrons. The lowest BCUT2D eigenvalue weighted by Crippen LogP contribution is -2.41. The van der Waals surface area contributed by atoms with Crippen molar-refractivity contribution >= 4 is 28.8 Å². The van der Waals surface area contributed by atoms with E-state index in [4.69, 9.17) is 17.3 Å². The van der Waals surface area contributed by atoms with E-state index in [0.717, 1.165) is 15.6 Å². The van der Waals surface area contributed by atoms with Gasteiger partial charge in [0.25, 0.3) is 0 Å². The summed E-state index contributed by atoms with van der Waals surface area (Å²) in [7, 11) is 0. The molecule has 0 aliphatic carbocycles. The van der Waals surface area contributed by atoms with E-state index in [-0.39, 0.29) is 11.9 Å². The van der Waals surface area contributed by atoms with Crippen molar-refractivity contribution < 1.29 is 4.79 Å². The first-order chi connectivity index (χ1) is 10.1. The average Bonchev–Trinajstić information content (AvgIpc) is 2.92. The molecular weight excluding hydrogens is 304 g/mol. The van der Waals surface area contributed by atoms with Crippen LogP contribution in [0.5, 0.6) is 0 Å². The molecule has 0 aliphatic heterocycles. The minimum atomic E-state index is -0.497. The number of carbonyl (C=O) groups is 1. The molecule has 112 valence electrons. The number of aryl methyl sites for hydroxylation is 1. The van der Waals surface area contributed by atoms with E-state index < -0.39 is 6.04 Å². The molecule has 2 rings (SSSR count). The van der Waals surface area contributed by atoms with Gasteiger partial charge in [-0.1, -0.05) is 41.9 Å². The van der Waals surface area contributed by atoms with Crippen molar-refractivity contribution in [2.75, 3.05) is 0 Å². The molecule has 2 aromatic rings.